The topological polar surface area (TPSA) is 0 Å². The minimum absolute atomic E-state index is 1.09. The van der Waals surface area contributed by atoms with E-state index in [2.05, 4.69) is 38.0 Å². The van der Waals surface area contributed by atoms with Gasteiger partial charge >= 0.3 is 0 Å². The van der Waals surface area contributed by atoms with Crippen LogP contribution >= 0.6 is 0 Å². The Hall–Kier alpha value is -0.223. The van der Waals surface area contributed by atoms with E-state index in [-0.39, 0.29) is 0 Å². The molecule has 1 heteroatoms. The van der Waals surface area contributed by atoms with E-state index >= 15 is 0 Å². The summed E-state index contributed by atoms with van der Waals surface area (Å²) in [6.07, 6.45) is 7.91. The standard InChI is InChI=1S/C12H24Si/c1-5-6-7-8-9-10-11-12-13(2,3)4/h5-10H2,1-4H3. The summed E-state index contributed by atoms with van der Waals surface area (Å²) in [5.41, 5.74) is 3.40. The molecular formula is C12H24Si. The predicted molar refractivity (Wildman–Crippen MR) is 64.5 cm³/mol. The molecule has 0 N–H and O–H groups in total. The number of hydrogen-bond donors (Lipinski definition) is 0. The Kier molecular flexibility index (Phi) is 7.08. The minimum Gasteiger partial charge on any atom is -0.132 e. The summed E-state index contributed by atoms with van der Waals surface area (Å²) in [4.78, 5) is 0. The third-order valence-electron chi connectivity index (χ3n) is 1.87. The van der Waals surface area contributed by atoms with Gasteiger partial charge in [0.05, 0.1) is 0 Å². The molecule has 0 bridgehead atoms. The molecule has 0 unspecified atom stereocenters. The fraction of sp³-hybridized carbons (Fsp3) is 0.833. The highest BCUT2D eigenvalue weighted by molar-refractivity contribution is 6.83. The van der Waals surface area contributed by atoms with E-state index in [0.29, 0.717) is 0 Å². The van der Waals surface area contributed by atoms with Crippen LogP contribution in [-0.2, 0) is 0 Å². The lowest BCUT2D eigenvalue weighted by Crippen LogP contribution is -2.16. The third-order valence-corrected chi connectivity index (χ3v) is 2.80. The molecule has 0 saturated heterocycles. The van der Waals surface area contributed by atoms with Gasteiger partial charge in [0, 0.05) is 6.42 Å². The minimum atomic E-state index is -1.09. The van der Waals surface area contributed by atoms with E-state index in [0.717, 1.165) is 6.42 Å². The van der Waals surface area contributed by atoms with Crippen LogP contribution in [0.2, 0.25) is 19.6 Å². The Bertz CT molecular complexity index is 166. The maximum atomic E-state index is 3.40. The summed E-state index contributed by atoms with van der Waals surface area (Å²) in [6.45, 7) is 9.16. The Morgan fingerprint density at radius 1 is 0.923 bits per heavy atom. The molecule has 0 aliphatic rings. The first-order valence-corrected chi connectivity index (χ1v) is 9.06. The molecule has 0 aromatic heterocycles. The molecule has 0 rings (SSSR count). The Labute approximate surface area is 85.1 Å². The summed E-state index contributed by atoms with van der Waals surface area (Å²) < 4.78 is 0. The monoisotopic (exact) mass is 196 g/mol. The zero-order chi connectivity index (χ0) is 10.2. The van der Waals surface area contributed by atoms with Crippen LogP contribution in [0.5, 0.6) is 0 Å². The SMILES string of the molecule is CCCCCCCC#C[Si](C)(C)C. The summed E-state index contributed by atoms with van der Waals surface area (Å²) in [6, 6.07) is 0. The van der Waals surface area contributed by atoms with E-state index in [1.165, 1.54) is 32.1 Å². The Balaban J connectivity index is 3.28. The molecule has 0 nitrogen and oxygen atoms in total. The van der Waals surface area contributed by atoms with Crippen LogP contribution in [0.4, 0.5) is 0 Å². The molecule has 0 radical (unpaired) electrons. The van der Waals surface area contributed by atoms with Crippen LogP contribution in [-0.4, -0.2) is 8.07 Å². The number of unbranched alkanes of at least 4 members (excludes halogenated alkanes) is 5. The largest absolute Gasteiger partial charge is 0.132 e. The van der Waals surface area contributed by atoms with Crippen molar-refractivity contribution in [2.24, 2.45) is 0 Å². The van der Waals surface area contributed by atoms with Gasteiger partial charge in [0.2, 0.25) is 0 Å². The highest BCUT2D eigenvalue weighted by atomic mass is 28.3. The highest BCUT2D eigenvalue weighted by Gasteiger charge is 2.06. The van der Waals surface area contributed by atoms with Crippen LogP contribution in [0.3, 0.4) is 0 Å². The molecule has 0 amide bonds. The van der Waals surface area contributed by atoms with Gasteiger partial charge in [-0.25, -0.2) is 0 Å². The van der Waals surface area contributed by atoms with Gasteiger partial charge in [-0.3, -0.25) is 0 Å². The van der Waals surface area contributed by atoms with E-state index in [1.54, 1.807) is 0 Å². The van der Waals surface area contributed by atoms with Crippen molar-refractivity contribution in [3.63, 3.8) is 0 Å². The van der Waals surface area contributed by atoms with E-state index in [4.69, 9.17) is 0 Å². The normalized spacial score (nSPS) is 10.8. The lowest BCUT2D eigenvalue weighted by molar-refractivity contribution is 0.641. The molecular weight excluding hydrogens is 172 g/mol. The van der Waals surface area contributed by atoms with Crippen molar-refractivity contribution in [1.29, 1.82) is 0 Å². The van der Waals surface area contributed by atoms with E-state index in [1.807, 2.05) is 0 Å². The van der Waals surface area contributed by atoms with Gasteiger partial charge in [-0.1, -0.05) is 52.2 Å². The second kappa shape index (κ2) is 7.21. The molecule has 0 aliphatic heterocycles. The summed E-state index contributed by atoms with van der Waals surface area (Å²) in [7, 11) is -1.09. The quantitative estimate of drug-likeness (QED) is 0.351. The Morgan fingerprint density at radius 3 is 2.08 bits per heavy atom. The van der Waals surface area contributed by atoms with Crippen molar-refractivity contribution >= 4 is 8.07 Å². The van der Waals surface area contributed by atoms with Gasteiger partial charge in [-0.05, 0) is 6.42 Å². The van der Waals surface area contributed by atoms with Gasteiger partial charge < -0.3 is 0 Å². The maximum Gasteiger partial charge on any atom is 0.129 e. The molecule has 0 atom stereocenters. The van der Waals surface area contributed by atoms with Gasteiger partial charge in [-0.2, -0.15) is 0 Å². The van der Waals surface area contributed by atoms with Crippen molar-refractivity contribution in [2.75, 3.05) is 0 Å². The average molecular weight is 196 g/mol. The smallest absolute Gasteiger partial charge is 0.129 e. The molecule has 0 heterocycles. The molecule has 0 fully saturated rings. The maximum absolute atomic E-state index is 3.40. The highest BCUT2D eigenvalue weighted by Crippen LogP contribution is 2.04. The zero-order valence-corrected chi connectivity index (χ0v) is 10.7. The first-order chi connectivity index (χ1) is 6.06. The van der Waals surface area contributed by atoms with Gasteiger partial charge in [0.25, 0.3) is 0 Å². The van der Waals surface area contributed by atoms with Crippen LogP contribution < -0.4 is 0 Å². The Morgan fingerprint density at radius 2 is 1.54 bits per heavy atom. The van der Waals surface area contributed by atoms with Gasteiger partial charge in [0.15, 0.2) is 0 Å². The summed E-state index contributed by atoms with van der Waals surface area (Å²) in [5, 5.41) is 0. The summed E-state index contributed by atoms with van der Waals surface area (Å²) in [5.74, 6) is 3.31. The predicted octanol–water partition coefficient (Wildman–Crippen LogP) is 4.23. The lowest BCUT2D eigenvalue weighted by Gasteiger charge is -2.03. The van der Waals surface area contributed by atoms with Crippen molar-refractivity contribution in [3.8, 4) is 11.5 Å². The molecule has 0 aromatic carbocycles. The fourth-order valence-electron chi connectivity index (χ4n) is 1.14. The molecule has 0 aliphatic carbocycles. The lowest BCUT2D eigenvalue weighted by atomic mass is 10.1. The van der Waals surface area contributed by atoms with Gasteiger partial charge in [-0.15, -0.1) is 11.5 Å². The number of rotatable bonds is 5. The van der Waals surface area contributed by atoms with Crippen LogP contribution in [0.15, 0.2) is 0 Å². The number of hydrogen-bond acceptors (Lipinski definition) is 0. The first-order valence-electron chi connectivity index (χ1n) is 5.56. The van der Waals surface area contributed by atoms with Crippen molar-refractivity contribution in [2.45, 2.75) is 65.1 Å². The van der Waals surface area contributed by atoms with Crippen LogP contribution in [0.25, 0.3) is 0 Å². The van der Waals surface area contributed by atoms with E-state index in [9.17, 15) is 0 Å². The average Bonchev–Trinajstić information content (AvgIpc) is 2.01. The van der Waals surface area contributed by atoms with Gasteiger partial charge in [0.1, 0.15) is 8.07 Å². The second-order valence-corrected chi connectivity index (χ2v) is 9.47. The zero-order valence-electron chi connectivity index (χ0n) is 9.74. The van der Waals surface area contributed by atoms with Crippen molar-refractivity contribution in [3.05, 3.63) is 0 Å². The first kappa shape index (κ1) is 12.8. The van der Waals surface area contributed by atoms with E-state index < -0.39 is 8.07 Å². The molecule has 0 saturated carbocycles. The molecule has 0 spiro atoms. The summed E-state index contributed by atoms with van der Waals surface area (Å²) >= 11 is 0. The molecule has 76 valence electrons. The van der Waals surface area contributed by atoms with Crippen LogP contribution in [0.1, 0.15) is 45.4 Å². The third kappa shape index (κ3) is 11.8. The molecule has 0 aromatic rings. The van der Waals surface area contributed by atoms with Crippen molar-refractivity contribution < 1.29 is 0 Å². The molecule has 13 heavy (non-hydrogen) atoms. The second-order valence-electron chi connectivity index (χ2n) is 4.72. The van der Waals surface area contributed by atoms with Crippen LogP contribution in [0, 0.1) is 11.5 Å². The fourth-order valence-corrected chi connectivity index (χ4v) is 1.80. The van der Waals surface area contributed by atoms with Crippen molar-refractivity contribution in [1.82, 2.24) is 0 Å².